The minimum Gasteiger partial charge on any atom is -0.394 e. The molecule has 3 saturated heterocycles. The van der Waals surface area contributed by atoms with E-state index in [2.05, 4.69) is 0 Å². The van der Waals surface area contributed by atoms with E-state index in [1.807, 2.05) is 0 Å². The highest BCUT2D eigenvalue weighted by Crippen LogP contribution is 2.42. The van der Waals surface area contributed by atoms with Crippen molar-refractivity contribution < 1.29 is 59.2 Å². The second-order valence-corrected chi connectivity index (χ2v) is 6.12. The standard InChI is InChI=1S/C12H21BO12/c14-1-5-7(18)9(20)11(3-16,21-5)24-13-23-10-8(19)6(2-15)22-12(10,4-17)25-13/h5-10,14-20H,1-4H2/t5-,6-,7-,8-,9+,10-,11+,12+/m1/s1/i13-1. The molecule has 3 aliphatic rings. The van der Waals surface area contributed by atoms with E-state index in [-0.39, 0.29) is 0 Å². The largest absolute Gasteiger partial charge is 0.644 e. The Hall–Kier alpha value is -0.415. The predicted octanol–water partition coefficient (Wildman–Crippen LogP) is -5.35. The summed E-state index contributed by atoms with van der Waals surface area (Å²) in [5.74, 6) is -3.97. The summed E-state index contributed by atoms with van der Waals surface area (Å²) < 4.78 is 26.5. The molecule has 0 spiro atoms. The van der Waals surface area contributed by atoms with E-state index in [9.17, 15) is 25.5 Å². The maximum atomic E-state index is 10.1. The normalized spacial score (nSPS) is 49.8. The third-order valence-electron chi connectivity index (χ3n) is 4.63. The van der Waals surface area contributed by atoms with Crippen molar-refractivity contribution in [3.05, 3.63) is 0 Å². The molecule has 25 heavy (non-hydrogen) atoms. The van der Waals surface area contributed by atoms with Crippen LogP contribution in [0.25, 0.3) is 0 Å². The fourth-order valence-corrected chi connectivity index (χ4v) is 3.23. The van der Waals surface area contributed by atoms with E-state index < -0.39 is 81.9 Å². The van der Waals surface area contributed by atoms with Gasteiger partial charge in [0, 0.05) is 0 Å². The average molecular weight is 367 g/mol. The third kappa shape index (κ3) is 2.90. The number of aliphatic hydroxyl groups is 7. The Morgan fingerprint density at radius 2 is 1.52 bits per heavy atom. The van der Waals surface area contributed by atoms with Crippen LogP contribution in [-0.4, -0.2) is 118 Å². The van der Waals surface area contributed by atoms with Crippen molar-refractivity contribution in [1.82, 2.24) is 0 Å². The lowest BCUT2D eigenvalue weighted by Gasteiger charge is -2.31. The van der Waals surface area contributed by atoms with Crippen molar-refractivity contribution in [3.8, 4) is 0 Å². The van der Waals surface area contributed by atoms with Crippen molar-refractivity contribution >= 4 is 7.32 Å². The molecule has 3 aliphatic heterocycles. The summed E-state index contributed by atoms with van der Waals surface area (Å²) in [6, 6.07) is 0. The lowest BCUT2D eigenvalue weighted by Crippen LogP contribution is -2.53. The summed E-state index contributed by atoms with van der Waals surface area (Å²) in [5, 5.41) is 67.4. The lowest BCUT2D eigenvalue weighted by molar-refractivity contribution is -0.253. The van der Waals surface area contributed by atoms with E-state index in [0.717, 1.165) is 0 Å². The smallest absolute Gasteiger partial charge is 0.394 e. The molecule has 12 nitrogen and oxygen atoms in total. The minimum atomic E-state index is -2.16. The molecule has 8 atom stereocenters. The third-order valence-corrected chi connectivity index (χ3v) is 4.63. The highest BCUT2D eigenvalue weighted by atomic mass is 16.9. The number of fused-ring (bicyclic) bond motifs is 1. The average Bonchev–Trinajstić information content (AvgIpc) is 3.19. The van der Waals surface area contributed by atoms with Crippen LogP contribution in [0.15, 0.2) is 0 Å². The predicted molar refractivity (Wildman–Crippen MR) is 74.4 cm³/mol. The molecule has 3 rings (SSSR count). The molecule has 0 bridgehead atoms. The minimum absolute atomic E-state index is 0.537. The molecule has 0 aromatic carbocycles. The van der Waals surface area contributed by atoms with Gasteiger partial charge in [-0.3, -0.25) is 0 Å². The first-order valence-corrected chi connectivity index (χ1v) is 7.70. The van der Waals surface area contributed by atoms with Crippen LogP contribution in [0, 0.1) is 0 Å². The van der Waals surface area contributed by atoms with Gasteiger partial charge in [0.1, 0.15) is 36.6 Å². The zero-order valence-electron chi connectivity index (χ0n) is 13.0. The molecule has 0 amide bonds. The van der Waals surface area contributed by atoms with E-state index in [1.165, 1.54) is 0 Å². The van der Waals surface area contributed by atoms with Crippen LogP contribution in [0.2, 0.25) is 0 Å². The van der Waals surface area contributed by atoms with E-state index >= 15 is 0 Å². The van der Waals surface area contributed by atoms with E-state index in [1.54, 1.807) is 0 Å². The Balaban J connectivity index is 1.75. The molecular formula is C12H21BO12. The quantitative estimate of drug-likeness (QED) is 0.221. The van der Waals surface area contributed by atoms with Crippen LogP contribution in [0.4, 0.5) is 0 Å². The molecular weight excluding hydrogens is 346 g/mol. The fourth-order valence-electron chi connectivity index (χ4n) is 3.23. The summed E-state index contributed by atoms with van der Waals surface area (Å²) in [6.07, 6.45) is -8.07. The summed E-state index contributed by atoms with van der Waals surface area (Å²) >= 11 is 0. The zero-order chi connectivity index (χ0) is 18.4. The summed E-state index contributed by atoms with van der Waals surface area (Å²) in [5.41, 5.74) is 0. The van der Waals surface area contributed by atoms with Crippen LogP contribution < -0.4 is 0 Å². The van der Waals surface area contributed by atoms with Gasteiger partial charge in [0.2, 0.25) is 11.6 Å². The van der Waals surface area contributed by atoms with Crippen molar-refractivity contribution in [2.75, 3.05) is 26.4 Å². The Morgan fingerprint density at radius 1 is 0.880 bits per heavy atom. The Morgan fingerprint density at radius 3 is 2.00 bits per heavy atom. The molecule has 3 fully saturated rings. The van der Waals surface area contributed by atoms with Crippen molar-refractivity contribution in [2.45, 2.75) is 48.2 Å². The maximum absolute atomic E-state index is 10.1. The first-order valence-electron chi connectivity index (χ1n) is 7.70. The fraction of sp³-hybridized carbons (Fsp3) is 1.00. The van der Waals surface area contributed by atoms with Gasteiger partial charge in [-0.15, -0.1) is 0 Å². The van der Waals surface area contributed by atoms with Gasteiger partial charge in [0.25, 0.3) is 0 Å². The summed E-state index contributed by atoms with van der Waals surface area (Å²) in [7, 11) is -1.64. The van der Waals surface area contributed by atoms with Gasteiger partial charge < -0.3 is 59.2 Å². The molecule has 0 saturated carbocycles. The van der Waals surface area contributed by atoms with E-state index in [0.29, 0.717) is 0 Å². The second kappa shape index (κ2) is 6.96. The number of hydrogen-bond acceptors (Lipinski definition) is 12. The van der Waals surface area contributed by atoms with Crippen LogP contribution in [-0.2, 0) is 23.4 Å². The van der Waals surface area contributed by atoms with Gasteiger partial charge in [-0.05, 0) is 0 Å². The topological polar surface area (TPSA) is 188 Å². The molecule has 0 radical (unpaired) electrons. The molecule has 7 N–H and O–H groups in total. The molecule has 0 aromatic rings. The van der Waals surface area contributed by atoms with Gasteiger partial charge in [0.15, 0.2) is 0 Å². The van der Waals surface area contributed by atoms with Crippen molar-refractivity contribution in [1.29, 1.82) is 0 Å². The lowest BCUT2D eigenvalue weighted by atomic mass is 9.51. The summed E-state index contributed by atoms with van der Waals surface area (Å²) in [6.45, 7) is -2.82. The monoisotopic (exact) mass is 367 g/mol. The van der Waals surface area contributed by atoms with Crippen molar-refractivity contribution in [2.24, 2.45) is 0 Å². The van der Waals surface area contributed by atoms with Gasteiger partial charge in [-0.25, -0.2) is 0 Å². The Bertz CT molecular complexity index is 483. The first-order chi connectivity index (χ1) is 11.9. The SMILES string of the molecule is OC[C@H]1O[C@@](CO)(O[10B]2O[C@@H]3[C@H](O)[C@@H](CO)O[C@@]3(CO)O2)[C@@H](O)[C@@H]1O. The molecule has 3 heterocycles. The van der Waals surface area contributed by atoms with Gasteiger partial charge in [-0.1, -0.05) is 0 Å². The van der Waals surface area contributed by atoms with Gasteiger partial charge in [0.05, 0.1) is 26.4 Å². The first kappa shape index (κ1) is 19.3. The van der Waals surface area contributed by atoms with Gasteiger partial charge >= 0.3 is 7.32 Å². The second-order valence-electron chi connectivity index (χ2n) is 6.12. The van der Waals surface area contributed by atoms with Crippen LogP contribution in [0.1, 0.15) is 0 Å². The molecule has 0 unspecified atom stereocenters. The highest BCUT2D eigenvalue weighted by Gasteiger charge is 2.67. The van der Waals surface area contributed by atoms with E-state index in [4.69, 9.17) is 33.6 Å². The molecule has 0 aromatic heterocycles. The summed E-state index contributed by atoms with van der Waals surface area (Å²) in [4.78, 5) is 0. The zero-order valence-corrected chi connectivity index (χ0v) is 13.0. The van der Waals surface area contributed by atoms with Crippen LogP contribution in [0.3, 0.4) is 0 Å². The maximum Gasteiger partial charge on any atom is 0.644 e. The van der Waals surface area contributed by atoms with Crippen LogP contribution >= 0.6 is 0 Å². The Kier molecular flexibility index (Phi) is 5.38. The molecule has 144 valence electrons. The van der Waals surface area contributed by atoms with Gasteiger partial charge in [-0.2, -0.15) is 0 Å². The number of rotatable bonds is 6. The number of hydrogen-bond donors (Lipinski definition) is 7. The highest BCUT2D eigenvalue weighted by molar-refractivity contribution is 6.37. The van der Waals surface area contributed by atoms with Crippen molar-refractivity contribution in [3.63, 3.8) is 0 Å². The Labute approximate surface area is 142 Å². The number of aliphatic hydroxyl groups excluding tert-OH is 7. The molecule has 13 heteroatoms. The molecule has 0 aliphatic carbocycles. The van der Waals surface area contributed by atoms with Crippen LogP contribution in [0.5, 0.6) is 0 Å². The number of ether oxygens (including phenoxy) is 2.